The van der Waals surface area contributed by atoms with Crippen molar-refractivity contribution in [2.45, 2.75) is 42.6 Å². The molecule has 4 heteroatoms. The van der Waals surface area contributed by atoms with Crippen LogP contribution in [0.25, 0.3) is 0 Å². The lowest BCUT2D eigenvalue weighted by molar-refractivity contribution is 0.0497. The molecule has 1 aliphatic rings. The fraction of sp³-hybridized carbons (Fsp3) is 0.429. The Morgan fingerprint density at radius 3 is 2.44 bits per heavy atom. The number of aliphatic hydroxyl groups is 1. The van der Waals surface area contributed by atoms with E-state index in [-0.39, 0.29) is 0 Å². The molecule has 98 valence electrons. The largest absolute Gasteiger partial charge is 0.385 e. The van der Waals surface area contributed by atoms with E-state index in [1.807, 2.05) is 30.3 Å². The maximum Gasteiger partial charge on any atom is 0.0958 e. The second-order valence-corrected chi connectivity index (χ2v) is 7.13. The lowest BCUT2D eigenvalue weighted by Gasteiger charge is -2.31. The zero-order valence-electron chi connectivity index (χ0n) is 10.1. The minimum atomic E-state index is -1.17. The Kier molecular flexibility index (Phi) is 4.98. The third-order valence-corrected chi connectivity index (χ3v) is 6.24. The summed E-state index contributed by atoms with van der Waals surface area (Å²) in [5.74, 6) is 0. The van der Waals surface area contributed by atoms with Gasteiger partial charge in [-0.05, 0) is 47.6 Å². The van der Waals surface area contributed by atoms with Crippen molar-refractivity contribution in [2.75, 3.05) is 0 Å². The zero-order valence-corrected chi connectivity index (χ0v) is 13.1. The molecule has 1 N–H and O–H groups in total. The van der Waals surface area contributed by atoms with Gasteiger partial charge in [-0.3, -0.25) is 0 Å². The van der Waals surface area contributed by atoms with Crippen LogP contribution in [0.1, 0.15) is 32.1 Å². The SMILES string of the molecule is O=S(C=C(I)C1(O)CCCCC1)c1ccccc1. The van der Waals surface area contributed by atoms with Gasteiger partial charge in [0.15, 0.2) is 0 Å². The smallest absolute Gasteiger partial charge is 0.0958 e. The van der Waals surface area contributed by atoms with E-state index in [2.05, 4.69) is 22.6 Å². The summed E-state index contributed by atoms with van der Waals surface area (Å²) in [6.45, 7) is 0. The highest BCUT2D eigenvalue weighted by Gasteiger charge is 2.32. The van der Waals surface area contributed by atoms with E-state index in [0.29, 0.717) is 0 Å². The topological polar surface area (TPSA) is 37.3 Å². The van der Waals surface area contributed by atoms with Gasteiger partial charge in [-0.25, -0.2) is 4.21 Å². The molecule has 0 saturated heterocycles. The van der Waals surface area contributed by atoms with Gasteiger partial charge in [0.2, 0.25) is 0 Å². The second kappa shape index (κ2) is 6.30. The Balaban J connectivity index is 2.15. The van der Waals surface area contributed by atoms with Crippen LogP contribution in [0.5, 0.6) is 0 Å². The van der Waals surface area contributed by atoms with Crippen molar-refractivity contribution in [3.05, 3.63) is 39.3 Å². The van der Waals surface area contributed by atoms with Gasteiger partial charge in [0.05, 0.1) is 16.4 Å². The van der Waals surface area contributed by atoms with Crippen LogP contribution in [-0.4, -0.2) is 14.9 Å². The summed E-state index contributed by atoms with van der Waals surface area (Å²) in [7, 11) is -1.17. The molecule has 0 amide bonds. The molecule has 1 aliphatic carbocycles. The van der Waals surface area contributed by atoms with Gasteiger partial charge in [0.25, 0.3) is 0 Å². The molecule has 0 bridgehead atoms. The molecule has 0 aromatic heterocycles. The van der Waals surface area contributed by atoms with E-state index in [9.17, 15) is 9.32 Å². The summed E-state index contributed by atoms with van der Waals surface area (Å²) in [6.07, 6.45) is 4.86. The van der Waals surface area contributed by atoms with Gasteiger partial charge in [0, 0.05) is 13.9 Å². The van der Waals surface area contributed by atoms with Crippen LogP contribution in [0.3, 0.4) is 0 Å². The summed E-state index contributed by atoms with van der Waals surface area (Å²) < 4.78 is 13.0. The van der Waals surface area contributed by atoms with E-state index in [0.717, 1.165) is 34.2 Å². The van der Waals surface area contributed by atoms with Gasteiger partial charge in [-0.2, -0.15) is 0 Å². The fourth-order valence-electron chi connectivity index (χ4n) is 2.20. The summed E-state index contributed by atoms with van der Waals surface area (Å²) in [4.78, 5) is 0.783. The Morgan fingerprint density at radius 1 is 1.22 bits per heavy atom. The molecule has 0 aliphatic heterocycles. The predicted molar refractivity (Wildman–Crippen MR) is 83.0 cm³/mol. The monoisotopic (exact) mass is 376 g/mol. The lowest BCUT2D eigenvalue weighted by Crippen LogP contribution is -2.31. The zero-order chi connectivity index (χ0) is 13.0. The molecule has 1 saturated carbocycles. The van der Waals surface area contributed by atoms with Crippen LogP contribution < -0.4 is 0 Å². The highest BCUT2D eigenvalue weighted by atomic mass is 127. The molecule has 2 rings (SSSR count). The van der Waals surface area contributed by atoms with Crippen molar-refractivity contribution in [3.63, 3.8) is 0 Å². The number of halogens is 1. The van der Waals surface area contributed by atoms with Gasteiger partial charge in [-0.15, -0.1) is 0 Å². The fourth-order valence-corrected chi connectivity index (χ4v) is 4.40. The first-order valence-corrected chi connectivity index (χ1v) is 8.47. The van der Waals surface area contributed by atoms with Gasteiger partial charge in [-0.1, -0.05) is 37.5 Å². The third-order valence-electron chi connectivity index (χ3n) is 3.31. The van der Waals surface area contributed by atoms with E-state index in [1.54, 1.807) is 5.41 Å². The van der Waals surface area contributed by atoms with E-state index in [4.69, 9.17) is 0 Å². The van der Waals surface area contributed by atoms with Crippen LogP contribution in [0.15, 0.2) is 44.2 Å². The van der Waals surface area contributed by atoms with Crippen molar-refractivity contribution < 1.29 is 9.32 Å². The summed E-state index contributed by atoms with van der Waals surface area (Å²) in [5.41, 5.74) is -0.747. The average Bonchev–Trinajstić information content (AvgIpc) is 2.40. The second-order valence-electron chi connectivity index (χ2n) is 4.67. The highest BCUT2D eigenvalue weighted by Crippen LogP contribution is 2.37. The Bertz CT molecular complexity index is 450. The first-order chi connectivity index (χ1) is 8.62. The Hall–Kier alpha value is -0.200. The highest BCUT2D eigenvalue weighted by molar-refractivity contribution is 14.1. The van der Waals surface area contributed by atoms with Crippen LogP contribution in [0.2, 0.25) is 0 Å². The van der Waals surface area contributed by atoms with E-state index < -0.39 is 16.4 Å². The Morgan fingerprint density at radius 2 is 1.83 bits per heavy atom. The minimum absolute atomic E-state index is 0.747. The molecule has 18 heavy (non-hydrogen) atoms. The maximum absolute atomic E-state index is 12.2. The minimum Gasteiger partial charge on any atom is -0.385 e. The maximum atomic E-state index is 12.2. The average molecular weight is 376 g/mol. The molecule has 2 nitrogen and oxygen atoms in total. The molecule has 0 radical (unpaired) electrons. The molecular weight excluding hydrogens is 359 g/mol. The normalized spacial score (nSPS) is 21.6. The lowest BCUT2D eigenvalue weighted by atomic mass is 9.85. The van der Waals surface area contributed by atoms with E-state index in [1.165, 1.54) is 6.42 Å². The summed E-state index contributed by atoms with van der Waals surface area (Å²) in [6, 6.07) is 9.36. The third kappa shape index (κ3) is 3.42. The molecule has 1 atom stereocenters. The molecule has 1 fully saturated rings. The summed E-state index contributed by atoms with van der Waals surface area (Å²) >= 11 is 2.14. The van der Waals surface area contributed by atoms with Crippen molar-refractivity contribution in [1.29, 1.82) is 0 Å². The van der Waals surface area contributed by atoms with Crippen LogP contribution in [-0.2, 0) is 10.8 Å². The number of rotatable bonds is 3. The standard InChI is InChI=1S/C14H17IO2S/c15-13(14(16)9-5-2-6-10-14)11-18(17)12-7-3-1-4-8-12/h1,3-4,7-8,11,16H,2,5-6,9-10H2. The van der Waals surface area contributed by atoms with Crippen LogP contribution >= 0.6 is 22.6 Å². The first-order valence-electron chi connectivity index (χ1n) is 6.18. The van der Waals surface area contributed by atoms with Gasteiger partial charge < -0.3 is 5.11 Å². The number of hydrogen-bond acceptors (Lipinski definition) is 2. The molecule has 0 spiro atoms. The molecule has 1 aromatic rings. The van der Waals surface area contributed by atoms with Crippen molar-refractivity contribution in [3.8, 4) is 0 Å². The van der Waals surface area contributed by atoms with Crippen molar-refractivity contribution in [2.24, 2.45) is 0 Å². The molecule has 0 heterocycles. The number of benzene rings is 1. The molecule has 1 unspecified atom stereocenters. The van der Waals surface area contributed by atoms with Crippen LogP contribution in [0, 0.1) is 0 Å². The summed E-state index contributed by atoms with van der Waals surface area (Å²) in [5, 5.41) is 12.2. The van der Waals surface area contributed by atoms with Crippen molar-refractivity contribution in [1.82, 2.24) is 0 Å². The molecule has 1 aromatic carbocycles. The van der Waals surface area contributed by atoms with Crippen molar-refractivity contribution >= 4 is 33.4 Å². The van der Waals surface area contributed by atoms with Crippen LogP contribution in [0.4, 0.5) is 0 Å². The first kappa shape index (κ1) is 14.2. The van der Waals surface area contributed by atoms with E-state index >= 15 is 0 Å². The van der Waals surface area contributed by atoms with Gasteiger partial charge >= 0.3 is 0 Å². The quantitative estimate of drug-likeness (QED) is 0.816. The van der Waals surface area contributed by atoms with Gasteiger partial charge in [0.1, 0.15) is 0 Å². The Labute approximate surface area is 124 Å². The number of hydrogen-bond donors (Lipinski definition) is 1. The predicted octanol–water partition coefficient (Wildman–Crippen LogP) is 3.77. The molecular formula is C14H17IO2S.